The van der Waals surface area contributed by atoms with E-state index >= 15 is 0 Å². The van der Waals surface area contributed by atoms with Crippen molar-refractivity contribution in [1.29, 1.82) is 0 Å². The van der Waals surface area contributed by atoms with Gasteiger partial charge in [0, 0.05) is 12.6 Å². The average molecular weight is 252 g/mol. The van der Waals surface area contributed by atoms with Crippen LogP contribution in [0.3, 0.4) is 0 Å². The molecule has 1 unspecified atom stereocenters. The van der Waals surface area contributed by atoms with E-state index in [4.69, 9.17) is 15.2 Å². The largest absolute Gasteiger partial charge is 0.494 e. The molecule has 2 N–H and O–H groups in total. The van der Waals surface area contributed by atoms with E-state index in [0.29, 0.717) is 13.2 Å². The number of likely N-dealkylation sites (N-methyl/N-ethyl adjacent to an activating group) is 1. The first-order chi connectivity index (χ1) is 8.61. The van der Waals surface area contributed by atoms with Gasteiger partial charge < -0.3 is 20.1 Å². The standard InChI is InChI=1S/C14H24N2O2/c1-4-17-13-5-7-14(8-6-13)18-10-9-12(15)11-16(2)3/h5-8,12H,4,9-11,15H2,1-3H3. The number of benzene rings is 1. The highest BCUT2D eigenvalue weighted by Gasteiger charge is 2.04. The quantitative estimate of drug-likeness (QED) is 0.765. The van der Waals surface area contributed by atoms with Crippen LogP contribution in [0.5, 0.6) is 11.5 Å². The van der Waals surface area contributed by atoms with Gasteiger partial charge in [-0.15, -0.1) is 0 Å². The molecule has 102 valence electrons. The molecule has 0 spiro atoms. The second kappa shape index (κ2) is 7.95. The lowest BCUT2D eigenvalue weighted by Gasteiger charge is -2.17. The second-order valence-electron chi connectivity index (χ2n) is 4.56. The molecule has 0 heterocycles. The molecule has 0 amide bonds. The lowest BCUT2D eigenvalue weighted by Crippen LogP contribution is -2.34. The zero-order valence-corrected chi connectivity index (χ0v) is 11.6. The van der Waals surface area contributed by atoms with Gasteiger partial charge in [0.25, 0.3) is 0 Å². The predicted molar refractivity (Wildman–Crippen MR) is 74.3 cm³/mol. The molecule has 4 nitrogen and oxygen atoms in total. The van der Waals surface area contributed by atoms with Crippen molar-refractivity contribution in [3.63, 3.8) is 0 Å². The summed E-state index contributed by atoms with van der Waals surface area (Å²) < 4.78 is 11.0. The topological polar surface area (TPSA) is 47.7 Å². The summed E-state index contributed by atoms with van der Waals surface area (Å²) in [4.78, 5) is 2.08. The lowest BCUT2D eigenvalue weighted by molar-refractivity contribution is 0.276. The third-order valence-corrected chi connectivity index (χ3v) is 2.49. The number of ether oxygens (including phenoxy) is 2. The maximum atomic E-state index is 5.96. The molecular formula is C14H24N2O2. The molecular weight excluding hydrogens is 228 g/mol. The molecule has 4 heteroatoms. The van der Waals surface area contributed by atoms with Crippen molar-refractivity contribution in [3.8, 4) is 11.5 Å². The minimum atomic E-state index is 0.155. The van der Waals surface area contributed by atoms with Crippen LogP contribution in [0.25, 0.3) is 0 Å². The first-order valence-electron chi connectivity index (χ1n) is 6.37. The maximum Gasteiger partial charge on any atom is 0.119 e. The van der Waals surface area contributed by atoms with Gasteiger partial charge in [-0.1, -0.05) is 0 Å². The second-order valence-corrected chi connectivity index (χ2v) is 4.56. The molecule has 0 saturated heterocycles. The van der Waals surface area contributed by atoms with Gasteiger partial charge in [0.15, 0.2) is 0 Å². The molecule has 1 atom stereocenters. The molecule has 1 aromatic carbocycles. The van der Waals surface area contributed by atoms with E-state index in [0.717, 1.165) is 24.5 Å². The van der Waals surface area contributed by atoms with Gasteiger partial charge in [-0.25, -0.2) is 0 Å². The minimum absolute atomic E-state index is 0.155. The van der Waals surface area contributed by atoms with Crippen molar-refractivity contribution in [2.45, 2.75) is 19.4 Å². The summed E-state index contributed by atoms with van der Waals surface area (Å²) in [6.07, 6.45) is 0.853. The fourth-order valence-corrected chi connectivity index (χ4v) is 1.69. The third-order valence-electron chi connectivity index (χ3n) is 2.49. The van der Waals surface area contributed by atoms with E-state index in [1.54, 1.807) is 0 Å². The zero-order chi connectivity index (χ0) is 13.4. The predicted octanol–water partition coefficient (Wildman–Crippen LogP) is 1.74. The smallest absolute Gasteiger partial charge is 0.119 e. The Balaban J connectivity index is 2.26. The van der Waals surface area contributed by atoms with E-state index in [9.17, 15) is 0 Å². The van der Waals surface area contributed by atoms with Crippen LogP contribution in [-0.4, -0.2) is 44.8 Å². The van der Waals surface area contributed by atoms with Crippen LogP contribution >= 0.6 is 0 Å². The van der Waals surface area contributed by atoms with Crippen molar-refractivity contribution in [2.24, 2.45) is 5.73 Å². The first-order valence-corrected chi connectivity index (χ1v) is 6.37. The summed E-state index contributed by atoms with van der Waals surface area (Å²) in [6.45, 7) is 4.17. The van der Waals surface area contributed by atoms with E-state index in [1.165, 1.54) is 0 Å². The zero-order valence-electron chi connectivity index (χ0n) is 11.6. The van der Waals surface area contributed by atoms with Gasteiger partial charge in [0.2, 0.25) is 0 Å². The molecule has 0 aliphatic carbocycles. The Kier molecular flexibility index (Phi) is 6.54. The highest BCUT2D eigenvalue weighted by atomic mass is 16.5. The summed E-state index contributed by atoms with van der Waals surface area (Å²) in [6, 6.07) is 7.82. The van der Waals surface area contributed by atoms with Crippen LogP contribution < -0.4 is 15.2 Å². The monoisotopic (exact) mass is 252 g/mol. The summed E-state index contributed by atoms with van der Waals surface area (Å²) in [7, 11) is 4.04. The van der Waals surface area contributed by atoms with Crippen molar-refractivity contribution >= 4 is 0 Å². The summed E-state index contributed by atoms with van der Waals surface area (Å²) in [5, 5.41) is 0. The number of nitrogens with two attached hydrogens (primary N) is 1. The minimum Gasteiger partial charge on any atom is -0.494 e. The van der Waals surface area contributed by atoms with Crippen LogP contribution in [0.2, 0.25) is 0 Å². The van der Waals surface area contributed by atoms with Crippen molar-refractivity contribution in [3.05, 3.63) is 24.3 Å². The van der Waals surface area contributed by atoms with Gasteiger partial charge in [-0.3, -0.25) is 0 Å². The molecule has 0 aromatic heterocycles. The molecule has 18 heavy (non-hydrogen) atoms. The fourth-order valence-electron chi connectivity index (χ4n) is 1.69. The molecule has 0 aliphatic rings. The van der Waals surface area contributed by atoms with Crippen molar-refractivity contribution < 1.29 is 9.47 Å². The summed E-state index contributed by atoms with van der Waals surface area (Å²) in [5.41, 5.74) is 5.96. The molecule has 0 aliphatic heterocycles. The molecule has 1 rings (SSSR count). The van der Waals surface area contributed by atoms with Crippen LogP contribution in [0.15, 0.2) is 24.3 Å². The van der Waals surface area contributed by atoms with E-state index < -0.39 is 0 Å². The van der Waals surface area contributed by atoms with E-state index in [2.05, 4.69) is 4.90 Å². The number of rotatable bonds is 8. The fraction of sp³-hybridized carbons (Fsp3) is 0.571. The summed E-state index contributed by atoms with van der Waals surface area (Å²) >= 11 is 0. The number of nitrogens with zero attached hydrogens (tertiary/aromatic N) is 1. The number of hydrogen-bond donors (Lipinski definition) is 1. The molecule has 0 radical (unpaired) electrons. The Morgan fingerprint density at radius 2 is 1.67 bits per heavy atom. The van der Waals surface area contributed by atoms with Gasteiger partial charge in [-0.05, 0) is 51.7 Å². The van der Waals surface area contributed by atoms with E-state index in [-0.39, 0.29) is 6.04 Å². The normalized spacial score (nSPS) is 12.5. The summed E-state index contributed by atoms with van der Waals surface area (Å²) in [5.74, 6) is 1.73. The lowest BCUT2D eigenvalue weighted by atomic mass is 10.2. The van der Waals surface area contributed by atoms with Crippen LogP contribution in [0.4, 0.5) is 0 Å². The van der Waals surface area contributed by atoms with Gasteiger partial charge in [0.05, 0.1) is 13.2 Å². The highest BCUT2D eigenvalue weighted by molar-refractivity contribution is 5.31. The van der Waals surface area contributed by atoms with Gasteiger partial charge in [0.1, 0.15) is 11.5 Å². The first kappa shape index (κ1) is 14.8. The average Bonchev–Trinajstić information content (AvgIpc) is 2.31. The Hall–Kier alpha value is -1.26. The van der Waals surface area contributed by atoms with Crippen LogP contribution in [0, 0.1) is 0 Å². The van der Waals surface area contributed by atoms with Crippen LogP contribution in [0.1, 0.15) is 13.3 Å². The van der Waals surface area contributed by atoms with Gasteiger partial charge >= 0.3 is 0 Å². The van der Waals surface area contributed by atoms with Gasteiger partial charge in [-0.2, -0.15) is 0 Å². The Bertz CT molecular complexity index is 325. The molecule has 1 aromatic rings. The van der Waals surface area contributed by atoms with Crippen LogP contribution in [-0.2, 0) is 0 Å². The molecule has 0 bridgehead atoms. The Morgan fingerprint density at radius 1 is 1.11 bits per heavy atom. The van der Waals surface area contributed by atoms with E-state index in [1.807, 2.05) is 45.3 Å². The third kappa shape index (κ3) is 5.89. The Labute approximate surface area is 110 Å². The number of hydrogen-bond acceptors (Lipinski definition) is 4. The maximum absolute atomic E-state index is 5.96. The molecule has 0 saturated carbocycles. The molecule has 0 fully saturated rings. The SMILES string of the molecule is CCOc1ccc(OCCC(N)CN(C)C)cc1. The van der Waals surface area contributed by atoms with Crippen molar-refractivity contribution in [2.75, 3.05) is 33.9 Å². The van der Waals surface area contributed by atoms with Crippen molar-refractivity contribution in [1.82, 2.24) is 4.90 Å². The highest BCUT2D eigenvalue weighted by Crippen LogP contribution is 2.17. The Morgan fingerprint density at radius 3 is 2.17 bits per heavy atom.